The number of hydrogen-bond acceptors (Lipinski definition) is 3. The number of nitrogens with zero attached hydrogens (tertiary/aromatic N) is 1. The Morgan fingerprint density at radius 1 is 1.00 bits per heavy atom. The molecule has 0 amide bonds. The third-order valence-electron chi connectivity index (χ3n) is 5.41. The largest absolute Gasteiger partial charge is 0.384 e. The summed E-state index contributed by atoms with van der Waals surface area (Å²) in [5.41, 5.74) is 2.15. The van der Waals surface area contributed by atoms with Gasteiger partial charge >= 0.3 is 0 Å². The number of halogens is 3. The van der Waals surface area contributed by atoms with Crippen molar-refractivity contribution in [1.29, 1.82) is 0 Å². The minimum atomic E-state index is -0.822. The lowest BCUT2D eigenvalue weighted by atomic mass is 9.72. The molecule has 0 aliphatic carbocycles. The van der Waals surface area contributed by atoms with Crippen LogP contribution in [0.15, 0.2) is 42.5 Å². The zero-order chi connectivity index (χ0) is 19.3. The highest BCUT2D eigenvalue weighted by Crippen LogP contribution is 2.35. The smallest absolute Gasteiger partial charge is 0.160 e. The van der Waals surface area contributed by atoms with Gasteiger partial charge in [-0.05, 0) is 91.5 Å². The number of benzene rings is 2. The molecule has 2 N–H and O–H groups in total. The van der Waals surface area contributed by atoms with E-state index in [0.717, 1.165) is 45.1 Å². The minimum Gasteiger partial charge on any atom is -0.384 e. The lowest BCUT2D eigenvalue weighted by Crippen LogP contribution is -2.47. The average Bonchev–Trinajstić information content (AvgIpc) is 2.67. The highest BCUT2D eigenvalue weighted by Gasteiger charge is 2.34. The van der Waals surface area contributed by atoms with Crippen LogP contribution in [-0.2, 0) is 5.41 Å². The van der Waals surface area contributed by atoms with Crippen molar-refractivity contribution < 1.29 is 8.78 Å². The average molecular weight is 485 g/mol. The molecule has 0 spiro atoms. The summed E-state index contributed by atoms with van der Waals surface area (Å²) < 4.78 is 27.5. The van der Waals surface area contributed by atoms with Gasteiger partial charge in [0, 0.05) is 34.3 Å². The summed E-state index contributed by atoms with van der Waals surface area (Å²) in [6, 6.07) is 12.8. The molecule has 2 aromatic rings. The first-order valence-corrected chi connectivity index (χ1v) is 10.4. The Hall–Kier alpha value is -1.25. The summed E-state index contributed by atoms with van der Waals surface area (Å²) in [6.45, 7) is 4.54. The van der Waals surface area contributed by atoms with Crippen molar-refractivity contribution in [3.63, 3.8) is 0 Å². The first-order chi connectivity index (χ1) is 13.0. The number of nitrogens with one attached hydrogen (secondary N) is 2. The Morgan fingerprint density at radius 3 is 2.37 bits per heavy atom. The van der Waals surface area contributed by atoms with Crippen LogP contribution in [0.2, 0.25) is 0 Å². The predicted octanol–water partition coefficient (Wildman–Crippen LogP) is 4.23. The van der Waals surface area contributed by atoms with Crippen molar-refractivity contribution >= 4 is 28.3 Å². The monoisotopic (exact) mass is 485 g/mol. The highest BCUT2D eigenvalue weighted by atomic mass is 127. The lowest BCUT2D eigenvalue weighted by molar-refractivity contribution is 0.184. The van der Waals surface area contributed by atoms with E-state index < -0.39 is 11.6 Å². The topological polar surface area (TPSA) is 27.3 Å². The summed E-state index contributed by atoms with van der Waals surface area (Å²) >= 11 is 2.34. The Labute approximate surface area is 173 Å². The minimum absolute atomic E-state index is 0.152. The maximum atomic E-state index is 13.3. The van der Waals surface area contributed by atoms with Crippen LogP contribution in [0.25, 0.3) is 0 Å². The van der Waals surface area contributed by atoms with Crippen molar-refractivity contribution in [2.24, 2.45) is 0 Å². The first kappa shape index (κ1) is 20.5. The standard InChI is InChI=1S/C21H26F2IN3/c1-27-12-8-21(9-13-27,16-2-4-17(24)5-3-16)15-25-10-11-26-18-6-7-19(22)20(23)14-18/h2-7,14,25-26H,8-13,15H2,1H3. The van der Waals surface area contributed by atoms with E-state index in [0.29, 0.717) is 12.2 Å². The van der Waals surface area contributed by atoms with Crippen LogP contribution in [0.5, 0.6) is 0 Å². The fraction of sp³-hybridized carbons (Fsp3) is 0.429. The van der Waals surface area contributed by atoms with E-state index in [1.165, 1.54) is 15.2 Å². The van der Waals surface area contributed by atoms with E-state index in [4.69, 9.17) is 0 Å². The van der Waals surface area contributed by atoms with Crippen molar-refractivity contribution in [2.45, 2.75) is 18.3 Å². The van der Waals surface area contributed by atoms with Crippen molar-refractivity contribution in [3.8, 4) is 0 Å². The second-order valence-corrected chi connectivity index (χ2v) is 8.57. The van der Waals surface area contributed by atoms with Gasteiger partial charge in [0.05, 0.1) is 0 Å². The molecule has 1 heterocycles. The van der Waals surface area contributed by atoms with Crippen molar-refractivity contribution in [3.05, 3.63) is 63.2 Å². The van der Waals surface area contributed by atoms with Gasteiger partial charge in [0.15, 0.2) is 11.6 Å². The van der Waals surface area contributed by atoms with Crippen LogP contribution in [0.3, 0.4) is 0 Å². The van der Waals surface area contributed by atoms with Gasteiger partial charge in [0.25, 0.3) is 0 Å². The molecule has 3 rings (SSSR count). The van der Waals surface area contributed by atoms with Gasteiger partial charge in [-0.3, -0.25) is 0 Å². The molecule has 0 unspecified atom stereocenters. The SMILES string of the molecule is CN1CCC(CNCCNc2ccc(F)c(F)c2)(c2ccc(I)cc2)CC1. The molecule has 0 aromatic heterocycles. The quantitative estimate of drug-likeness (QED) is 0.454. The Bertz CT molecular complexity index is 744. The molecule has 146 valence electrons. The summed E-state index contributed by atoms with van der Waals surface area (Å²) in [5, 5.41) is 6.71. The zero-order valence-electron chi connectivity index (χ0n) is 15.6. The van der Waals surface area contributed by atoms with Gasteiger partial charge in [-0.25, -0.2) is 8.78 Å². The van der Waals surface area contributed by atoms with Gasteiger partial charge in [0.1, 0.15) is 0 Å². The first-order valence-electron chi connectivity index (χ1n) is 9.33. The summed E-state index contributed by atoms with van der Waals surface area (Å²) in [4.78, 5) is 2.38. The molecule has 1 aliphatic rings. The maximum absolute atomic E-state index is 13.3. The molecular formula is C21H26F2IN3. The normalized spacial score (nSPS) is 17.0. The van der Waals surface area contributed by atoms with Crippen LogP contribution in [0, 0.1) is 15.2 Å². The number of likely N-dealkylation sites (tertiary alicyclic amines) is 1. The molecule has 3 nitrogen and oxygen atoms in total. The Morgan fingerprint density at radius 2 is 1.70 bits per heavy atom. The summed E-state index contributed by atoms with van der Waals surface area (Å²) in [6.07, 6.45) is 2.27. The zero-order valence-corrected chi connectivity index (χ0v) is 17.7. The van der Waals surface area contributed by atoms with Crippen LogP contribution in [-0.4, -0.2) is 44.7 Å². The number of rotatable bonds is 7. The highest BCUT2D eigenvalue weighted by molar-refractivity contribution is 14.1. The third-order valence-corrected chi connectivity index (χ3v) is 6.13. The second-order valence-electron chi connectivity index (χ2n) is 7.32. The van der Waals surface area contributed by atoms with Gasteiger partial charge in [-0.1, -0.05) is 12.1 Å². The number of anilines is 1. The molecule has 0 saturated carbocycles. The summed E-state index contributed by atoms with van der Waals surface area (Å²) in [7, 11) is 2.18. The molecular weight excluding hydrogens is 459 g/mol. The van der Waals surface area contributed by atoms with Crippen LogP contribution in [0.1, 0.15) is 18.4 Å². The molecule has 0 atom stereocenters. The molecule has 1 saturated heterocycles. The van der Waals surface area contributed by atoms with E-state index in [2.05, 4.69) is 69.4 Å². The second kappa shape index (κ2) is 9.30. The molecule has 6 heteroatoms. The van der Waals surface area contributed by atoms with E-state index >= 15 is 0 Å². The molecule has 0 bridgehead atoms. The van der Waals surface area contributed by atoms with Crippen molar-refractivity contribution in [2.75, 3.05) is 45.1 Å². The fourth-order valence-corrected chi connectivity index (χ4v) is 4.01. The van der Waals surface area contributed by atoms with E-state index in [1.807, 2.05) is 0 Å². The lowest BCUT2D eigenvalue weighted by Gasteiger charge is -2.41. The van der Waals surface area contributed by atoms with E-state index in [1.54, 1.807) is 6.07 Å². The number of piperidine rings is 1. The van der Waals surface area contributed by atoms with Crippen molar-refractivity contribution in [1.82, 2.24) is 10.2 Å². The van der Waals surface area contributed by atoms with Gasteiger partial charge < -0.3 is 15.5 Å². The number of hydrogen-bond donors (Lipinski definition) is 2. The molecule has 1 fully saturated rings. The van der Waals surface area contributed by atoms with Gasteiger partial charge in [-0.15, -0.1) is 0 Å². The van der Waals surface area contributed by atoms with Crippen LogP contribution < -0.4 is 10.6 Å². The van der Waals surface area contributed by atoms with Crippen LogP contribution in [0.4, 0.5) is 14.5 Å². The van der Waals surface area contributed by atoms with Crippen LogP contribution >= 0.6 is 22.6 Å². The third kappa shape index (κ3) is 5.39. The van der Waals surface area contributed by atoms with E-state index in [-0.39, 0.29) is 5.41 Å². The maximum Gasteiger partial charge on any atom is 0.160 e. The van der Waals surface area contributed by atoms with E-state index in [9.17, 15) is 8.78 Å². The predicted molar refractivity (Wildman–Crippen MR) is 115 cm³/mol. The van der Waals surface area contributed by atoms with Gasteiger partial charge in [-0.2, -0.15) is 0 Å². The molecule has 27 heavy (non-hydrogen) atoms. The Kier molecular flexibility index (Phi) is 7.05. The Balaban J connectivity index is 1.55. The molecule has 2 aromatic carbocycles. The molecule has 1 aliphatic heterocycles. The van der Waals surface area contributed by atoms with Gasteiger partial charge in [0.2, 0.25) is 0 Å². The summed E-state index contributed by atoms with van der Waals surface area (Å²) in [5.74, 6) is -1.64. The fourth-order valence-electron chi connectivity index (χ4n) is 3.65. The molecule has 0 radical (unpaired) electrons.